The van der Waals surface area contributed by atoms with Crippen molar-refractivity contribution in [3.05, 3.63) is 17.8 Å². The molecule has 0 spiro atoms. The van der Waals surface area contributed by atoms with Crippen LogP contribution < -0.4 is 10.6 Å². The predicted molar refractivity (Wildman–Crippen MR) is 93.7 cm³/mol. The molecular weight excluding hydrogens is 290 g/mol. The lowest BCUT2D eigenvalue weighted by Gasteiger charge is -2.21. The van der Waals surface area contributed by atoms with E-state index in [4.69, 9.17) is 4.42 Å². The van der Waals surface area contributed by atoms with Crippen LogP contribution in [-0.2, 0) is 12.0 Å². The number of guanidine groups is 1. The average molecular weight is 321 g/mol. The maximum absolute atomic E-state index is 5.79. The molecule has 6 nitrogen and oxygen atoms in total. The molecule has 1 unspecified atom stereocenters. The van der Waals surface area contributed by atoms with Gasteiger partial charge in [0.15, 0.2) is 5.96 Å². The fourth-order valence-electron chi connectivity index (χ4n) is 2.67. The van der Waals surface area contributed by atoms with E-state index in [2.05, 4.69) is 60.3 Å². The molecule has 6 heteroatoms. The molecule has 0 bridgehead atoms. The van der Waals surface area contributed by atoms with Gasteiger partial charge in [0.25, 0.3) is 0 Å². The van der Waals surface area contributed by atoms with Crippen molar-refractivity contribution in [1.82, 2.24) is 20.5 Å². The van der Waals surface area contributed by atoms with Crippen molar-refractivity contribution < 1.29 is 4.42 Å². The Morgan fingerprint density at radius 1 is 1.43 bits per heavy atom. The number of aliphatic imine (C=N–C) groups is 1. The number of likely N-dealkylation sites (N-methyl/N-ethyl adjacent to an activating group) is 1. The van der Waals surface area contributed by atoms with Crippen LogP contribution in [0.3, 0.4) is 0 Å². The minimum absolute atomic E-state index is 0.0230. The van der Waals surface area contributed by atoms with Crippen LogP contribution in [0.2, 0.25) is 0 Å². The minimum atomic E-state index is -0.0230. The highest BCUT2D eigenvalue weighted by Gasteiger charge is 2.21. The van der Waals surface area contributed by atoms with Gasteiger partial charge in [0, 0.05) is 24.5 Å². The largest absolute Gasteiger partial charge is 0.443 e. The van der Waals surface area contributed by atoms with E-state index >= 15 is 0 Å². The van der Waals surface area contributed by atoms with Crippen LogP contribution in [0.5, 0.6) is 0 Å². The van der Waals surface area contributed by atoms with E-state index in [0.29, 0.717) is 18.5 Å². The fourth-order valence-corrected chi connectivity index (χ4v) is 2.67. The van der Waals surface area contributed by atoms with Gasteiger partial charge in [-0.2, -0.15) is 0 Å². The van der Waals surface area contributed by atoms with Gasteiger partial charge in [0.05, 0.1) is 6.20 Å². The van der Waals surface area contributed by atoms with Gasteiger partial charge >= 0.3 is 0 Å². The number of hydrogen-bond donors (Lipinski definition) is 2. The van der Waals surface area contributed by atoms with Crippen molar-refractivity contribution in [1.29, 1.82) is 0 Å². The number of nitrogens with zero attached hydrogens (tertiary/aromatic N) is 3. The Hall–Kier alpha value is -1.56. The van der Waals surface area contributed by atoms with Crippen LogP contribution in [0.1, 0.15) is 52.2 Å². The molecule has 1 aromatic rings. The van der Waals surface area contributed by atoms with Gasteiger partial charge in [-0.3, -0.25) is 0 Å². The molecule has 2 heterocycles. The van der Waals surface area contributed by atoms with E-state index in [1.165, 1.54) is 19.4 Å². The van der Waals surface area contributed by atoms with E-state index in [-0.39, 0.29) is 5.41 Å². The SMILES string of the molecule is CCNC(=NCc1ncc(C(C)(C)C)o1)NCC1CCCN1C. The van der Waals surface area contributed by atoms with Gasteiger partial charge in [-0.05, 0) is 33.4 Å². The second-order valence-corrected chi connectivity index (χ2v) is 7.22. The first-order valence-corrected chi connectivity index (χ1v) is 8.57. The molecule has 0 saturated carbocycles. The summed E-state index contributed by atoms with van der Waals surface area (Å²) in [5, 5.41) is 6.71. The molecule has 1 aliphatic heterocycles. The first kappa shape index (κ1) is 17.8. The molecule has 2 rings (SSSR count). The molecule has 0 radical (unpaired) electrons. The maximum atomic E-state index is 5.79. The lowest BCUT2D eigenvalue weighted by molar-refractivity contribution is 0.309. The molecular formula is C17H31N5O. The molecule has 23 heavy (non-hydrogen) atoms. The molecule has 1 fully saturated rings. The van der Waals surface area contributed by atoms with Crippen molar-refractivity contribution in [2.24, 2.45) is 4.99 Å². The molecule has 0 aliphatic carbocycles. The standard InChI is InChI=1S/C17H31N5O/c1-6-18-16(20-10-13-8-7-9-22(13)5)21-12-15-19-11-14(23-15)17(2,3)4/h11,13H,6-10,12H2,1-5H3,(H2,18,20,21). The van der Waals surface area contributed by atoms with Crippen LogP contribution in [-0.4, -0.2) is 48.6 Å². The highest BCUT2D eigenvalue weighted by molar-refractivity contribution is 5.79. The smallest absolute Gasteiger partial charge is 0.216 e. The van der Waals surface area contributed by atoms with E-state index in [1.54, 1.807) is 6.20 Å². The first-order chi connectivity index (χ1) is 10.9. The number of hydrogen-bond acceptors (Lipinski definition) is 4. The number of oxazole rings is 1. The van der Waals surface area contributed by atoms with Crippen molar-refractivity contribution in [3.8, 4) is 0 Å². The van der Waals surface area contributed by atoms with Crippen molar-refractivity contribution in [2.75, 3.05) is 26.7 Å². The minimum Gasteiger partial charge on any atom is -0.443 e. The van der Waals surface area contributed by atoms with E-state index in [0.717, 1.165) is 24.8 Å². The Morgan fingerprint density at radius 3 is 2.78 bits per heavy atom. The summed E-state index contributed by atoms with van der Waals surface area (Å²) in [6, 6.07) is 0.591. The third kappa shape index (κ3) is 5.23. The first-order valence-electron chi connectivity index (χ1n) is 8.57. The topological polar surface area (TPSA) is 65.7 Å². The van der Waals surface area contributed by atoms with E-state index < -0.39 is 0 Å². The van der Waals surface area contributed by atoms with Gasteiger partial charge in [0.2, 0.25) is 5.89 Å². The zero-order chi connectivity index (χ0) is 16.9. The highest BCUT2D eigenvalue weighted by atomic mass is 16.4. The van der Waals surface area contributed by atoms with Crippen molar-refractivity contribution in [3.63, 3.8) is 0 Å². The Bertz CT molecular complexity index is 517. The third-order valence-electron chi connectivity index (χ3n) is 4.19. The Kier molecular flexibility index (Phi) is 6.04. The lowest BCUT2D eigenvalue weighted by atomic mass is 9.94. The Morgan fingerprint density at radius 2 is 2.22 bits per heavy atom. The monoisotopic (exact) mass is 321 g/mol. The van der Waals surface area contributed by atoms with Crippen LogP contribution in [0.15, 0.2) is 15.6 Å². The van der Waals surface area contributed by atoms with Gasteiger partial charge in [-0.25, -0.2) is 9.98 Å². The summed E-state index contributed by atoms with van der Waals surface area (Å²) in [6.07, 6.45) is 4.33. The van der Waals surface area contributed by atoms with E-state index in [9.17, 15) is 0 Å². The maximum Gasteiger partial charge on any atom is 0.216 e. The fraction of sp³-hybridized carbons (Fsp3) is 0.765. The molecule has 130 valence electrons. The summed E-state index contributed by atoms with van der Waals surface area (Å²) in [5.41, 5.74) is -0.0230. The molecule has 1 aromatic heterocycles. The summed E-state index contributed by atoms with van der Waals surface area (Å²) in [6.45, 7) is 11.8. The third-order valence-corrected chi connectivity index (χ3v) is 4.19. The Balaban J connectivity index is 1.91. The van der Waals surface area contributed by atoms with Crippen molar-refractivity contribution >= 4 is 5.96 Å². The second kappa shape index (κ2) is 7.81. The zero-order valence-electron chi connectivity index (χ0n) is 15.1. The molecule has 0 aromatic carbocycles. The molecule has 2 N–H and O–H groups in total. The van der Waals surface area contributed by atoms with E-state index in [1.807, 2.05) is 0 Å². The normalized spacial score (nSPS) is 20.0. The van der Waals surface area contributed by atoms with Crippen LogP contribution in [0, 0.1) is 0 Å². The van der Waals surface area contributed by atoms with Crippen LogP contribution >= 0.6 is 0 Å². The van der Waals surface area contributed by atoms with Gasteiger partial charge in [-0.1, -0.05) is 20.8 Å². The highest BCUT2D eigenvalue weighted by Crippen LogP contribution is 2.22. The number of aromatic nitrogens is 1. The molecule has 1 atom stereocenters. The quantitative estimate of drug-likeness (QED) is 0.642. The summed E-state index contributed by atoms with van der Waals surface area (Å²) in [4.78, 5) is 11.3. The van der Waals surface area contributed by atoms with Crippen LogP contribution in [0.25, 0.3) is 0 Å². The zero-order valence-corrected chi connectivity index (χ0v) is 15.1. The van der Waals surface area contributed by atoms with Crippen LogP contribution in [0.4, 0.5) is 0 Å². The number of likely N-dealkylation sites (tertiary alicyclic amines) is 1. The predicted octanol–water partition coefficient (Wildman–Crippen LogP) is 2.12. The molecule has 1 saturated heterocycles. The summed E-state index contributed by atoms with van der Waals surface area (Å²) in [5.74, 6) is 2.38. The van der Waals surface area contributed by atoms with Gasteiger partial charge in [0.1, 0.15) is 12.3 Å². The molecule has 0 amide bonds. The summed E-state index contributed by atoms with van der Waals surface area (Å²) < 4.78 is 5.79. The lowest BCUT2D eigenvalue weighted by Crippen LogP contribution is -2.44. The average Bonchev–Trinajstić information content (AvgIpc) is 3.10. The van der Waals surface area contributed by atoms with Gasteiger partial charge in [-0.15, -0.1) is 0 Å². The molecule has 1 aliphatic rings. The number of nitrogens with one attached hydrogen (secondary N) is 2. The summed E-state index contributed by atoms with van der Waals surface area (Å²) in [7, 11) is 2.18. The Labute approximate surface area is 139 Å². The number of rotatable bonds is 5. The second-order valence-electron chi connectivity index (χ2n) is 7.22. The van der Waals surface area contributed by atoms with Gasteiger partial charge < -0.3 is 20.0 Å². The summed E-state index contributed by atoms with van der Waals surface area (Å²) >= 11 is 0. The van der Waals surface area contributed by atoms with Crippen molar-refractivity contribution in [2.45, 2.75) is 58.5 Å².